The van der Waals surface area contributed by atoms with Crippen molar-refractivity contribution in [1.82, 2.24) is 14.9 Å². The molecule has 1 aliphatic heterocycles. The lowest BCUT2D eigenvalue weighted by molar-refractivity contribution is 0.0222. The highest BCUT2D eigenvalue weighted by atomic mass is 19.1. The van der Waals surface area contributed by atoms with E-state index < -0.39 is 5.60 Å². The fourth-order valence-electron chi connectivity index (χ4n) is 2.85. The first-order valence-electron chi connectivity index (χ1n) is 9.11. The van der Waals surface area contributed by atoms with Crippen LogP contribution in [0.2, 0.25) is 0 Å². The average Bonchev–Trinajstić information content (AvgIpc) is 2.61. The van der Waals surface area contributed by atoms with Gasteiger partial charge in [0.15, 0.2) is 0 Å². The van der Waals surface area contributed by atoms with Gasteiger partial charge in [-0.25, -0.2) is 19.2 Å². The minimum absolute atomic E-state index is 0.231. The number of amides is 1. The summed E-state index contributed by atoms with van der Waals surface area (Å²) in [7, 11) is 0. The first kappa shape index (κ1) is 19.1. The van der Waals surface area contributed by atoms with Gasteiger partial charge < -0.3 is 15.0 Å². The number of benzene rings is 1. The van der Waals surface area contributed by atoms with E-state index in [0.29, 0.717) is 32.0 Å². The number of aromatic nitrogens is 2. The molecular formula is C20H25FN4O2. The first-order chi connectivity index (χ1) is 12.8. The van der Waals surface area contributed by atoms with E-state index in [9.17, 15) is 9.18 Å². The average molecular weight is 372 g/mol. The zero-order valence-electron chi connectivity index (χ0n) is 16.0. The third kappa shape index (κ3) is 5.39. The number of hydrogen-bond acceptors (Lipinski definition) is 5. The van der Waals surface area contributed by atoms with Gasteiger partial charge in [-0.05, 0) is 44.9 Å². The van der Waals surface area contributed by atoms with E-state index in [2.05, 4.69) is 15.3 Å². The summed E-state index contributed by atoms with van der Waals surface area (Å²) in [6, 6.07) is 6.47. The topological polar surface area (TPSA) is 67.3 Å². The molecule has 0 saturated carbocycles. The Balaban J connectivity index is 1.55. The second-order valence-corrected chi connectivity index (χ2v) is 7.62. The predicted molar refractivity (Wildman–Crippen MR) is 101 cm³/mol. The van der Waals surface area contributed by atoms with Crippen molar-refractivity contribution in [3.05, 3.63) is 53.1 Å². The number of ether oxygens (including phenoxy) is 1. The van der Waals surface area contributed by atoms with Gasteiger partial charge in [-0.1, -0.05) is 12.1 Å². The van der Waals surface area contributed by atoms with E-state index in [1.54, 1.807) is 23.2 Å². The maximum Gasteiger partial charge on any atom is 0.410 e. The van der Waals surface area contributed by atoms with Crippen molar-refractivity contribution < 1.29 is 13.9 Å². The Morgan fingerprint density at radius 3 is 2.74 bits per heavy atom. The highest BCUT2D eigenvalue weighted by Gasteiger charge is 2.26. The standard InChI is InChI=1S/C20H25FN4O2/c1-20(2,3)27-19(26)25-11-9-17-15(13-25)12-23-18(24-17)22-10-8-14-4-6-16(21)7-5-14/h4-7,12H,8-11,13H2,1-3H3,(H,22,23,24). The summed E-state index contributed by atoms with van der Waals surface area (Å²) < 4.78 is 18.4. The van der Waals surface area contributed by atoms with Gasteiger partial charge in [-0.2, -0.15) is 0 Å². The summed E-state index contributed by atoms with van der Waals surface area (Å²) in [5.41, 5.74) is 2.44. The van der Waals surface area contributed by atoms with Gasteiger partial charge >= 0.3 is 6.09 Å². The number of nitrogens with one attached hydrogen (secondary N) is 1. The van der Waals surface area contributed by atoms with Crippen LogP contribution in [-0.2, 0) is 24.1 Å². The van der Waals surface area contributed by atoms with E-state index >= 15 is 0 Å². The number of hydrogen-bond donors (Lipinski definition) is 1. The zero-order valence-corrected chi connectivity index (χ0v) is 16.0. The van der Waals surface area contributed by atoms with Crippen LogP contribution in [-0.4, -0.2) is 39.7 Å². The summed E-state index contributed by atoms with van der Waals surface area (Å²) >= 11 is 0. The van der Waals surface area contributed by atoms with Crippen LogP contribution < -0.4 is 5.32 Å². The molecule has 3 rings (SSSR count). The van der Waals surface area contributed by atoms with Gasteiger partial charge in [-0.3, -0.25) is 0 Å². The molecule has 2 heterocycles. The number of carbonyl (C=O) groups excluding carboxylic acids is 1. The van der Waals surface area contributed by atoms with Crippen molar-refractivity contribution >= 4 is 12.0 Å². The lowest BCUT2D eigenvalue weighted by atomic mass is 10.1. The van der Waals surface area contributed by atoms with Gasteiger partial charge in [0.05, 0.1) is 12.2 Å². The van der Waals surface area contributed by atoms with Gasteiger partial charge in [0, 0.05) is 31.3 Å². The molecular weight excluding hydrogens is 347 g/mol. The molecule has 1 N–H and O–H groups in total. The van der Waals surface area contributed by atoms with Gasteiger partial charge in [0.25, 0.3) is 0 Å². The number of anilines is 1. The Morgan fingerprint density at radius 1 is 1.30 bits per heavy atom. The highest BCUT2D eigenvalue weighted by molar-refractivity contribution is 5.68. The molecule has 6 nitrogen and oxygen atoms in total. The third-order valence-corrected chi connectivity index (χ3v) is 4.20. The molecule has 0 atom stereocenters. The Labute approximate surface area is 158 Å². The maximum atomic E-state index is 12.9. The molecule has 0 saturated heterocycles. The normalized spacial score (nSPS) is 13.9. The quantitative estimate of drug-likeness (QED) is 0.889. The van der Waals surface area contributed by atoms with Crippen LogP contribution in [0.3, 0.4) is 0 Å². The number of fused-ring (bicyclic) bond motifs is 1. The van der Waals surface area contributed by atoms with Crippen LogP contribution in [0.1, 0.15) is 37.6 Å². The molecule has 27 heavy (non-hydrogen) atoms. The van der Waals surface area contributed by atoms with E-state index in [-0.39, 0.29) is 11.9 Å². The lowest BCUT2D eigenvalue weighted by Crippen LogP contribution is -2.40. The third-order valence-electron chi connectivity index (χ3n) is 4.20. The van der Waals surface area contributed by atoms with Gasteiger partial charge in [-0.15, -0.1) is 0 Å². The van der Waals surface area contributed by atoms with Crippen LogP contribution in [0.5, 0.6) is 0 Å². The van der Waals surface area contributed by atoms with Crippen molar-refractivity contribution in [2.45, 2.75) is 45.8 Å². The van der Waals surface area contributed by atoms with E-state index in [0.717, 1.165) is 23.2 Å². The van der Waals surface area contributed by atoms with Crippen molar-refractivity contribution in [2.75, 3.05) is 18.4 Å². The zero-order chi connectivity index (χ0) is 19.4. The van der Waals surface area contributed by atoms with E-state index in [1.807, 2.05) is 20.8 Å². The van der Waals surface area contributed by atoms with E-state index in [4.69, 9.17) is 4.74 Å². The van der Waals surface area contributed by atoms with Crippen LogP contribution in [0.4, 0.5) is 15.1 Å². The number of nitrogens with zero attached hydrogens (tertiary/aromatic N) is 3. The van der Waals surface area contributed by atoms with Crippen molar-refractivity contribution in [3.8, 4) is 0 Å². The summed E-state index contributed by atoms with van der Waals surface area (Å²) in [5.74, 6) is 0.340. The molecule has 0 aliphatic carbocycles. The molecule has 1 aromatic heterocycles. The molecule has 1 aromatic carbocycles. The molecule has 0 spiro atoms. The Kier molecular flexibility index (Phi) is 5.58. The minimum atomic E-state index is -0.508. The summed E-state index contributed by atoms with van der Waals surface area (Å²) in [5, 5.41) is 3.20. The van der Waals surface area contributed by atoms with E-state index in [1.165, 1.54) is 12.1 Å². The fourth-order valence-corrected chi connectivity index (χ4v) is 2.85. The predicted octanol–water partition coefficient (Wildman–Crippen LogP) is 3.56. The largest absolute Gasteiger partial charge is 0.444 e. The highest BCUT2D eigenvalue weighted by Crippen LogP contribution is 2.20. The monoisotopic (exact) mass is 372 g/mol. The molecule has 1 aliphatic rings. The molecule has 0 fully saturated rings. The Hall–Kier alpha value is -2.70. The second-order valence-electron chi connectivity index (χ2n) is 7.62. The smallest absolute Gasteiger partial charge is 0.410 e. The SMILES string of the molecule is CC(C)(C)OC(=O)N1CCc2nc(NCCc3ccc(F)cc3)ncc2C1. The van der Waals surface area contributed by atoms with Crippen LogP contribution >= 0.6 is 0 Å². The Morgan fingerprint density at radius 2 is 2.04 bits per heavy atom. The number of carbonyl (C=O) groups is 1. The molecule has 1 amide bonds. The summed E-state index contributed by atoms with van der Waals surface area (Å²) in [6.07, 6.45) is 2.88. The van der Waals surface area contributed by atoms with Crippen molar-refractivity contribution in [2.24, 2.45) is 0 Å². The Bertz CT molecular complexity index is 803. The second kappa shape index (κ2) is 7.90. The van der Waals surface area contributed by atoms with Crippen LogP contribution in [0.25, 0.3) is 0 Å². The number of halogens is 1. The number of rotatable bonds is 4. The molecule has 144 valence electrons. The molecule has 0 radical (unpaired) electrons. The van der Waals surface area contributed by atoms with Crippen molar-refractivity contribution in [1.29, 1.82) is 0 Å². The summed E-state index contributed by atoms with van der Waals surface area (Å²) in [6.45, 7) is 7.27. The summed E-state index contributed by atoms with van der Waals surface area (Å²) in [4.78, 5) is 22.8. The molecule has 2 aromatic rings. The molecule has 7 heteroatoms. The fraction of sp³-hybridized carbons (Fsp3) is 0.450. The minimum Gasteiger partial charge on any atom is -0.444 e. The lowest BCUT2D eigenvalue weighted by Gasteiger charge is -2.30. The van der Waals surface area contributed by atoms with Gasteiger partial charge in [0.2, 0.25) is 5.95 Å². The van der Waals surface area contributed by atoms with Crippen LogP contribution in [0.15, 0.2) is 30.5 Å². The van der Waals surface area contributed by atoms with Crippen molar-refractivity contribution in [3.63, 3.8) is 0 Å². The van der Waals surface area contributed by atoms with Gasteiger partial charge in [0.1, 0.15) is 11.4 Å². The molecule has 0 unspecified atom stereocenters. The molecule has 0 bridgehead atoms. The maximum absolute atomic E-state index is 12.9. The first-order valence-corrected chi connectivity index (χ1v) is 9.11. The van der Waals surface area contributed by atoms with Crippen LogP contribution in [0, 0.1) is 5.82 Å².